The lowest BCUT2D eigenvalue weighted by molar-refractivity contribution is 0.0933. The summed E-state index contributed by atoms with van der Waals surface area (Å²) in [6.45, 7) is 2.80. The summed E-state index contributed by atoms with van der Waals surface area (Å²) < 4.78 is 47.2. The van der Waals surface area contributed by atoms with E-state index in [-0.39, 0.29) is 49.8 Å². The first-order valence-electron chi connectivity index (χ1n) is 12.6. The van der Waals surface area contributed by atoms with Gasteiger partial charge in [0.15, 0.2) is 5.13 Å². The van der Waals surface area contributed by atoms with E-state index in [2.05, 4.69) is 9.97 Å². The average Bonchev–Trinajstić information content (AvgIpc) is 3.39. The fraction of sp³-hybridized carbons (Fsp3) is 0.259. The molecular formula is C27H26FN5O5S2. The number of benzene rings is 2. The first-order valence-corrected chi connectivity index (χ1v) is 14.8. The Morgan fingerprint density at radius 2 is 1.80 bits per heavy atom. The highest BCUT2D eigenvalue weighted by Gasteiger charge is 2.31. The second kappa shape index (κ2) is 11.7. The molecule has 0 spiro atoms. The number of rotatable bonds is 7. The van der Waals surface area contributed by atoms with Gasteiger partial charge in [0, 0.05) is 37.9 Å². The van der Waals surface area contributed by atoms with Crippen molar-refractivity contribution < 1.29 is 27.1 Å². The molecule has 1 aliphatic heterocycles. The summed E-state index contributed by atoms with van der Waals surface area (Å²) in [4.78, 5) is 37.4. The van der Waals surface area contributed by atoms with Crippen LogP contribution in [-0.2, 0) is 21.3 Å². The van der Waals surface area contributed by atoms with Crippen LogP contribution in [0.1, 0.15) is 23.0 Å². The number of pyridine rings is 1. The Morgan fingerprint density at radius 1 is 1.05 bits per heavy atom. The number of hydrogen-bond acceptors (Lipinski definition) is 8. The third kappa shape index (κ3) is 5.81. The Bertz CT molecular complexity index is 1620. The first kappa shape index (κ1) is 27.6. The minimum atomic E-state index is -3.83. The minimum Gasteiger partial charge on any atom is -0.450 e. The number of piperazine rings is 1. The number of carbonyl (C=O) groups excluding carboxylic acids is 2. The number of aromatic nitrogens is 2. The molecule has 2 aromatic carbocycles. The van der Waals surface area contributed by atoms with E-state index in [9.17, 15) is 22.4 Å². The van der Waals surface area contributed by atoms with Gasteiger partial charge in [-0.2, -0.15) is 4.31 Å². The maximum Gasteiger partial charge on any atom is 0.409 e. The zero-order valence-corrected chi connectivity index (χ0v) is 23.2. The normalized spacial score (nSPS) is 14.3. The molecular weight excluding hydrogens is 557 g/mol. The Kier molecular flexibility index (Phi) is 8.05. The molecule has 10 nitrogen and oxygen atoms in total. The number of ether oxygens (including phenoxy) is 1. The third-order valence-electron chi connectivity index (χ3n) is 6.37. The van der Waals surface area contributed by atoms with E-state index in [1.165, 1.54) is 61.8 Å². The lowest BCUT2D eigenvalue weighted by Crippen LogP contribution is -2.50. The number of sulfonamides is 1. The lowest BCUT2D eigenvalue weighted by atomic mass is 10.2. The van der Waals surface area contributed by atoms with Crippen molar-refractivity contribution in [1.82, 2.24) is 19.2 Å². The van der Waals surface area contributed by atoms with Crippen molar-refractivity contribution in [1.29, 1.82) is 0 Å². The second-order valence-corrected chi connectivity index (χ2v) is 11.9. The summed E-state index contributed by atoms with van der Waals surface area (Å²) in [5, 5.41) is 0.368. The third-order valence-corrected chi connectivity index (χ3v) is 9.32. The molecule has 0 radical (unpaired) electrons. The molecule has 4 aromatic rings. The highest BCUT2D eigenvalue weighted by molar-refractivity contribution is 7.89. The lowest BCUT2D eigenvalue weighted by Gasteiger charge is -2.33. The van der Waals surface area contributed by atoms with Crippen LogP contribution in [0.2, 0.25) is 0 Å². The number of halogens is 1. The number of fused-ring (bicyclic) bond motifs is 1. The molecule has 5 rings (SSSR count). The maximum atomic E-state index is 13.8. The van der Waals surface area contributed by atoms with Gasteiger partial charge in [0.25, 0.3) is 5.91 Å². The van der Waals surface area contributed by atoms with Gasteiger partial charge in [0.1, 0.15) is 5.82 Å². The van der Waals surface area contributed by atoms with E-state index in [1.807, 2.05) is 6.07 Å². The van der Waals surface area contributed by atoms with Crippen molar-refractivity contribution in [3.8, 4) is 0 Å². The molecule has 40 heavy (non-hydrogen) atoms. The quantitative estimate of drug-likeness (QED) is 0.321. The molecule has 0 unspecified atom stereocenters. The SMILES string of the molecule is CCOC(=O)N1CCN(S(=O)(=O)c2ccc(C(=O)N(Cc3ccccn3)c3nc4ccc(F)cc4s3)cc2)CC1. The van der Waals surface area contributed by atoms with Crippen LogP contribution in [-0.4, -0.2) is 72.4 Å². The molecule has 0 N–H and O–H groups in total. The highest BCUT2D eigenvalue weighted by atomic mass is 32.2. The largest absolute Gasteiger partial charge is 0.450 e. The van der Waals surface area contributed by atoms with Crippen LogP contribution < -0.4 is 4.90 Å². The zero-order chi connectivity index (χ0) is 28.3. The van der Waals surface area contributed by atoms with Crippen molar-refractivity contribution in [2.45, 2.75) is 18.4 Å². The van der Waals surface area contributed by atoms with Crippen molar-refractivity contribution >= 4 is 48.7 Å². The molecule has 0 aliphatic carbocycles. The van der Waals surface area contributed by atoms with E-state index in [0.717, 1.165) is 0 Å². The summed E-state index contributed by atoms with van der Waals surface area (Å²) in [7, 11) is -3.83. The fourth-order valence-electron chi connectivity index (χ4n) is 4.28. The molecule has 2 aromatic heterocycles. The van der Waals surface area contributed by atoms with E-state index in [4.69, 9.17) is 4.74 Å². The van der Waals surface area contributed by atoms with Crippen molar-refractivity contribution in [2.75, 3.05) is 37.7 Å². The molecule has 1 aliphatic rings. The van der Waals surface area contributed by atoms with E-state index in [1.54, 1.807) is 31.3 Å². The van der Waals surface area contributed by atoms with Crippen LogP contribution in [0.5, 0.6) is 0 Å². The van der Waals surface area contributed by atoms with Gasteiger partial charge < -0.3 is 9.64 Å². The zero-order valence-electron chi connectivity index (χ0n) is 21.6. The highest BCUT2D eigenvalue weighted by Crippen LogP contribution is 2.31. The second-order valence-electron chi connectivity index (χ2n) is 8.94. The Hall–Kier alpha value is -3.94. The van der Waals surface area contributed by atoms with Crippen molar-refractivity contribution in [3.05, 3.63) is 83.9 Å². The van der Waals surface area contributed by atoms with Crippen LogP contribution in [0.15, 0.2) is 71.8 Å². The number of anilines is 1. The number of hydrogen-bond donors (Lipinski definition) is 0. The molecule has 208 valence electrons. The number of amides is 2. The van der Waals surface area contributed by atoms with E-state index >= 15 is 0 Å². The standard InChI is InChI=1S/C27H26FN5O5S2/c1-2-38-27(35)31-13-15-32(16-14-31)40(36,37)22-9-6-19(7-10-22)25(34)33(18-21-5-3-4-12-29-21)26-30-23-11-8-20(28)17-24(23)39-26/h3-12,17H,2,13-16,18H2,1H3. The summed E-state index contributed by atoms with van der Waals surface area (Å²) in [5.41, 5.74) is 1.44. The van der Waals surface area contributed by atoms with E-state index < -0.39 is 27.8 Å². The molecule has 3 heterocycles. The molecule has 1 saturated heterocycles. The minimum absolute atomic E-state index is 0.0420. The Balaban J connectivity index is 1.37. The average molecular weight is 584 g/mol. The van der Waals surface area contributed by atoms with Crippen LogP contribution in [0.4, 0.5) is 14.3 Å². The molecule has 2 amide bonds. The summed E-state index contributed by atoms with van der Waals surface area (Å²) in [5.74, 6) is -0.804. The fourth-order valence-corrected chi connectivity index (χ4v) is 6.69. The maximum absolute atomic E-state index is 13.8. The smallest absolute Gasteiger partial charge is 0.409 e. The molecule has 0 bridgehead atoms. The summed E-state index contributed by atoms with van der Waals surface area (Å²) >= 11 is 1.18. The number of thiazole rings is 1. The first-order chi connectivity index (χ1) is 19.3. The van der Waals surface area contributed by atoms with Crippen LogP contribution in [0.25, 0.3) is 10.2 Å². The predicted octanol–water partition coefficient (Wildman–Crippen LogP) is 4.14. The van der Waals surface area contributed by atoms with Crippen molar-refractivity contribution in [3.63, 3.8) is 0 Å². The van der Waals surface area contributed by atoms with Gasteiger partial charge in [0.2, 0.25) is 10.0 Å². The Morgan fingerprint density at radius 3 is 2.48 bits per heavy atom. The van der Waals surface area contributed by atoms with E-state index in [0.29, 0.717) is 21.0 Å². The van der Waals surface area contributed by atoms with Gasteiger partial charge in [-0.25, -0.2) is 22.6 Å². The monoisotopic (exact) mass is 583 g/mol. The number of carbonyl (C=O) groups is 2. The predicted molar refractivity (Wildman–Crippen MR) is 148 cm³/mol. The van der Waals surface area contributed by atoms with Crippen LogP contribution >= 0.6 is 11.3 Å². The Labute approximate surface area is 234 Å². The van der Waals surface area contributed by atoms with Crippen LogP contribution in [0.3, 0.4) is 0 Å². The molecule has 13 heteroatoms. The van der Waals surface area contributed by atoms with Crippen LogP contribution in [0, 0.1) is 5.82 Å². The number of nitrogens with zero attached hydrogens (tertiary/aromatic N) is 5. The van der Waals surface area contributed by atoms with Gasteiger partial charge in [-0.3, -0.25) is 14.7 Å². The van der Waals surface area contributed by atoms with Gasteiger partial charge >= 0.3 is 6.09 Å². The summed E-state index contributed by atoms with van der Waals surface area (Å²) in [6.07, 6.45) is 1.16. The van der Waals surface area contributed by atoms with Gasteiger partial charge in [-0.1, -0.05) is 17.4 Å². The van der Waals surface area contributed by atoms with Crippen molar-refractivity contribution in [2.24, 2.45) is 0 Å². The van der Waals surface area contributed by atoms with Gasteiger partial charge in [0.05, 0.1) is 34.0 Å². The van der Waals surface area contributed by atoms with Gasteiger partial charge in [-0.15, -0.1) is 0 Å². The summed E-state index contributed by atoms with van der Waals surface area (Å²) in [6, 6.07) is 15.3. The molecule has 1 fully saturated rings. The molecule has 0 atom stereocenters. The topological polar surface area (TPSA) is 113 Å². The molecule has 0 saturated carbocycles. The van der Waals surface area contributed by atoms with Gasteiger partial charge in [-0.05, 0) is 61.5 Å².